The third kappa shape index (κ3) is 3.82. The lowest BCUT2D eigenvalue weighted by molar-refractivity contribution is -0.117. The fraction of sp³-hybridized carbons (Fsp3) is 0.300. The minimum Gasteiger partial charge on any atom is -0.462 e. The number of thiazole rings is 1. The van der Waals surface area contributed by atoms with Crippen molar-refractivity contribution in [2.75, 3.05) is 6.61 Å². The van der Waals surface area contributed by atoms with Gasteiger partial charge in [0.1, 0.15) is 9.88 Å². The Labute approximate surface area is 96.9 Å². The molecule has 0 fully saturated rings. The largest absolute Gasteiger partial charge is 0.462 e. The monoisotopic (exact) mass is 240 g/mol. The first kappa shape index (κ1) is 12.4. The summed E-state index contributed by atoms with van der Waals surface area (Å²) in [4.78, 5) is 26.2. The molecule has 0 bridgehead atoms. The molecule has 1 rings (SSSR count). The van der Waals surface area contributed by atoms with Crippen molar-refractivity contribution in [3.05, 3.63) is 22.2 Å². The van der Waals surface area contributed by atoms with Crippen LogP contribution in [0.4, 0.5) is 0 Å². The molecule has 0 aromatic carbocycles. The van der Waals surface area contributed by atoms with Crippen LogP contribution in [0, 0.1) is 0 Å². The minimum atomic E-state index is -0.404. The SMILES string of the molecule is CCOC(=O)c1cnc(C=CCC(N)=O)s1. The van der Waals surface area contributed by atoms with E-state index in [4.69, 9.17) is 10.5 Å². The van der Waals surface area contributed by atoms with E-state index < -0.39 is 5.91 Å². The Hall–Kier alpha value is -1.69. The van der Waals surface area contributed by atoms with Gasteiger partial charge in [0.25, 0.3) is 0 Å². The smallest absolute Gasteiger partial charge is 0.349 e. The average Bonchev–Trinajstić information content (AvgIpc) is 2.66. The highest BCUT2D eigenvalue weighted by molar-refractivity contribution is 7.14. The summed E-state index contributed by atoms with van der Waals surface area (Å²) < 4.78 is 4.82. The van der Waals surface area contributed by atoms with Gasteiger partial charge in [0.2, 0.25) is 5.91 Å². The normalized spacial score (nSPS) is 10.6. The first-order valence-electron chi connectivity index (χ1n) is 4.71. The molecule has 1 heterocycles. The Morgan fingerprint density at radius 1 is 1.62 bits per heavy atom. The van der Waals surface area contributed by atoms with Gasteiger partial charge in [-0.1, -0.05) is 6.08 Å². The number of nitrogens with zero attached hydrogens (tertiary/aromatic N) is 1. The zero-order valence-electron chi connectivity index (χ0n) is 8.80. The van der Waals surface area contributed by atoms with Gasteiger partial charge in [0.05, 0.1) is 12.8 Å². The molecule has 0 saturated carbocycles. The lowest BCUT2D eigenvalue weighted by atomic mass is 10.4. The molecule has 0 unspecified atom stereocenters. The molecule has 1 amide bonds. The van der Waals surface area contributed by atoms with Crippen molar-refractivity contribution in [1.82, 2.24) is 4.98 Å². The molecule has 1 aromatic rings. The molecule has 16 heavy (non-hydrogen) atoms. The molecule has 5 nitrogen and oxygen atoms in total. The summed E-state index contributed by atoms with van der Waals surface area (Å²) in [6.45, 7) is 2.08. The number of esters is 1. The van der Waals surface area contributed by atoms with E-state index in [1.54, 1.807) is 19.1 Å². The molecular formula is C10H12N2O3S. The van der Waals surface area contributed by atoms with Crippen molar-refractivity contribution in [1.29, 1.82) is 0 Å². The van der Waals surface area contributed by atoms with Crippen LogP contribution in [0.25, 0.3) is 6.08 Å². The van der Waals surface area contributed by atoms with Gasteiger partial charge in [-0.25, -0.2) is 9.78 Å². The van der Waals surface area contributed by atoms with Crippen molar-refractivity contribution in [3.63, 3.8) is 0 Å². The summed E-state index contributed by atoms with van der Waals surface area (Å²) in [6.07, 6.45) is 4.87. The van der Waals surface area contributed by atoms with Gasteiger partial charge < -0.3 is 10.5 Å². The molecule has 0 aliphatic carbocycles. The van der Waals surface area contributed by atoms with Crippen LogP contribution in [0.5, 0.6) is 0 Å². The fourth-order valence-corrected chi connectivity index (χ4v) is 1.68. The van der Waals surface area contributed by atoms with Crippen molar-refractivity contribution >= 4 is 29.3 Å². The van der Waals surface area contributed by atoms with Crippen molar-refractivity contribution in [2.24, 2.45) is 5.73 Å². The Bertz CT molecular complexity index is 412. The summed E-state index contributed by atoms with van der Waals surface area (Å²) in [5.74, 6) is -0.784. The van der Waals surface area contributed by atoms with Gasteiger partial charge in [-0.2, -0.15) is 0 Å². The molecular weight excluding hydrogens is 228 g/mol. The zero-order chi connectivity index (χ0) is 12.0. The maximum absolute atomic E-state index is 11.3. The van der Waals surface area contributed by atoms with E-state index in [0.29, 0.717) is 16.5 Å². The van der Waals surface area contributed by atoms with E-state index in [1.165, 1.54) is 17.5 Å². The van der Waals surface area contributed by atoms with Crippen LogP contribution in [0.3, 0.4) is 0 Å². The predicted molar refractivity (Wildman–Crippen MR) is 60.9 cm³/mol. The van der Waals surface area contributed by atoms with Crippen LogP contribution in [-0.4, -0.2) is 23.5 Å². The summed E-state index contributed by atoms with van der Waals surface area (Å²) >= 11 is 1.21. The van der Waals surface area contributed by atoms with E-state index in [0.717, 1.165) is 0 Å². The second-order valence-electron chi connectivity index (χ2n) is 2.86. The highest BCUT2D eigenvalue weighted by Gasteiger charge is 2.09. The molecule has 0 spiro atoms. The number of aromatic nitrogens is 1. The van der Waals surface area contributed by atoms with Gasteiger partial charge >= 0.3 is 5.97 Å². The number of primary amides is 1. The number of carbonyl (C=O) groups is 2. The number of ether oxygens (including phenoxy) is 1. The third-order valence-corrected chi connectivity index (χ3v) is 2.52. The van der Waals surface area contributed by atoms with Gasteiger partial charge in [-0.05, 0) is 13.0 Å². The topological polar surface area (TPSA) is 82.3 Å². The number of carbonyl (C=O) groups excluding carboxylic acids is 2. The Balaban J connectivity index is 2.61. The van der Waals surface area contributed by atoms with Gasteiger partial charge in [-0.3, -0.25) is 4.79 Å². The van der Waals surface area contributed by atoms with Crippen LogP contribution in [0.15, 0.2) is 12.3 Å². The summed E-state index contributed by atoms with van der Waals surface area (Å²) in [6, 6.07) is 0. The standard InChI is InChI=1S/C10H12N2O3S/c1-2-15-10(14)7-6-12-9(16-7)5-3-4-8(11)13/h3,5-6H,2,4H2,1H3,(H2,11,13). The summed E-state index contributed by atoms with van der Waals surface area (Å²) in [5.41, 5.74) is 4.97. The number of rotatable bonds is 5. The Morgan fingerprint density at radius 3 is 3.00 bits per heavy atom. The second-order valence-corrected chi connectivity index (χ2v) is 3.92. The highest BCUT2D eigenvalue weighted by Crippen LogP contribution is 2.15. The lowest BCUT2D eigenvalue weighted by Gasteiger charge is -1.95. The number of hydrogen-bond acceptors (Lipinski definition) is 5. The molecule has 86 valence electrons. The van der Waals surface area contributed by atoms with E-state index in [1.807, 2.05) is 0 Å². The zero-order valence-corrected chi connectivity index (χ0v) is 9.62. The van der Waals surface area contributed by atoms with Crippen molar-refractivity contribution in [2.45, 2.75) is 13.3 Å². The van der Waals surface area contributed by atoms with Crippen molar-refractivity contribution < 1.29 is 14.3 Å². The van der Waals surface area contributed by atoms with Crippen LogP contribution in [0.2, 0.25) is 0 Å². The quantitative estimate of drug-likeness (QED) is 0.784. The number of hydrogen-bond donors (Lipinski definition) is 1. The Morgan fingerprint density at radius 2 is 2.38 bits per heavy atom. The predicted octanol–water partition coefficient (Wildman–Crippen LogP) is 1.21. The maximum atomic E-state index is 11.3. The maximum Gasteiger partial charge on any atom is 0.349 e. The van der Waals surface area contributed by atoms with Gasteiger partial charge in [0.15, 0.2) is 0 Å². The van der Waals surface area contributed by atoms with E-state index in [9.17, 15) is 9.59 Å². The average molecular weight is 240 g/mol. The molecule has 0 radical (unpaired) electrons. The summed E-state index contributed by atoms with van der Waals surface area (Å²) in [7, 11) is 0. The van der Waals surface area contributed by atoms with E-state index >= 15 is 0 Å². The third-order valence-electron chi connectivity index (χ3n) is 1.58. The van der Waals surface area contributed by atoms with Crippen LogP contribution < -0.4 is 5.73 Å². The highest BCUT2D eigenvalue weighted by atomic mass is 32.1. The van der Waals surface area contributed by atoms with E-state index in [-0.39, 0.29) is 12.4 Å². The molecule has 6 heteroatoms. The van der Waals surface area contributed by atoms with Crippen LogP contribution in [0.1, 0.15) is 28.0 Å². The van der Waals surface area contributed by atoms with Crippen LogP contribution >= 0.6 is 11.3 Å². The van der Waals surface area contributed by atoms with E-state index in [2.05, 4.69) is 4.98 Å². The van der Waals surface area contributed by atoms with Crippen molar-refractivity contribution in [3.8, 4) is 0 Å². The fourth-order valence-electron chi connectivity index (χ4n) is 0.937. The summed E-state index contributed by atoms with van der Waals surface area (Å²) in [5, 5.41) is 0.643. The first-order valence-corrected chi connectivity index (χ1v) is 5.53. The molecule has 1 aromatic heterocycles. The number of amides is 1. The van der Waals surface area contributed by atoms with Gasteiger partial charge in [0, 0.05) is 6.42 Å². The lowest BCUT2D eigenvalue weighted by Crippen LogP contribution is -2.07. The molecule has 0 atom stereocenters. The van der Waals surface area contributed by atoms with Gasteiger partial charge in [-0.15, -0.1) is 11.3 Å². The second kappa shape index (κ2) is 6.02. The molecule has 0 aliphatic rings. The molecule has 0 aliphatic heterocycles. The first-order chi connectivity index (χ1) is 7.63. The van der Waals surface area contributed by atoms with Crippen LogP contribution in [-0.2, 0) is 9.53 Å². The Kier molecular flexibility index (Phi) is 4.65. The molecule has 2 N–H and O–H groups in total. The minimum absolute atomic E-state index is 0.161. The number of nitrogens with two attached hydrogens (primary N) is 1. The molecule has 0 saturated heterocycles.